The Morgan fingerprint density at radius 3 is 2.62 bits per heavy atom. The molecule has 2 rings (SSSR count). The second-order valence-corrected chi connectivity index (χ2v) is 6.30. The first-order chi connectivity index (χ1) is 6.18. The third-order valence-electron chi connectivity index (χ3n) is 3.77. The van der Waals surface area contributed by atoms with Crippen molar-refractivity contribution in [1.29, 1.82) is 0 Å². The fourth-order valence-corrected chi connectivity index (χ4v) is 3.15. The normalized spacial score (nSPS) is 33.2. The lowest BCUT2D eigenvalue weighted by Gasteiger charge is -2.32. The second-order valence-electron chi connectivity index (χ2n) is 5.22. The molecule has 1 saturated heterocycles. The van der Waals surface area contributed by atoms with Gasteiger partial charge in [0.25, 0.3) is 0 Å². The van der Waals surface area contributed by atoms with E-state index in [1.807, 2.05) is 0 Å². The molecule has 2 aliphatic rings. The predicted molar refractivity (Wildman–Crippen MR) is 60.2 cm³/mol. The fraction of sp³-hybridized carbons (Fsp3) is 1.00. The van der Waals surface area contributed by atoms with Crippen molar-refractivity contribution in [3.63, 3.8) is 0 Å². The van der Waals surface area contributed by atoms with E-state index in [1.165, 1.54) is 37.3 Å². The van der Waals surface area contributed by atoms with Crippen LogP contribution in [0.2, 0.25) is 0 Å². The average molecular weight is 199 g/mol. The highest BCUT2D eigenvalue weighted by atomic mass is 32.2. The molecule has 2 fully saturated rings. The van der Waals surface area contributed by atoms with Gasteiger partial charge in [-0.1, -0.05) is 20.3 Å². The van der Waals surface area contributed by atoms with Gasteiger partial charge in [-0.25, -0.2) is 0 Å². The fourth-order valence-electron chi connectivity index (χ4n) is 2.44. The lowest BCUT2D eigenvalue weighted by Crippen LogP contribution is -2.44. The average Bonchev–Trinajstić information content (AvgIpc) is 2.27. The van der Waals surface area contributed by atoms with Crippen molar-refractivity contribution in [3.8, 4) is 0 Å². The molecule has 1 heterocycles. The molecule has 1 saturated carbocycles. The van der Waals surface area contributed by atoms with Gasteiger partial charge in [-0.2, -0.15) is 11.8 Å². The van der Waals surface area contributed by atoms with Crippen LogP contribution in [0.25, 0.3) is 0 Å². The van der Waals surface area contributed by atoms with E-state index in [4.69, 9.17) is 0 Å². The van der Waals surface area contributed by atoms with Crippen LogP contribution < -0.4 is 5.32 Å². The molecule has 0 radical (unpaired) electrons. The molecule has 1 aliphatic heterocycles. The van der Waals surface area contributed by atoms with Crippen LogP contribution in [-0.2, 0) is 0 Å². The summed E-state index contributed by atoms with van der Waals surface area (Å²) in [6.45, 7) is 6.13. The second kappa shape index (κ2) is 3.82. The van der Waals surface area contributed by atoms with Crippen molar-refractivity contribution in [3.05, 3.63) is 0 Å². The maximum absolute atomic E-state index is 3.70. The first-order valence-corrected chi connectivity index (χ1v) is 6.65. The van der Waals surface area contributed by atoms with E-state index < -0.39 is 0 Å². The number of hydrogen-bond acceptors (Lipinski definition) is 2. The van der Waals surface area contributed by atoms with Crippen LogP contribution in [0.4, 0.5) is 0 Å². The molecule has 2 heteroatoms. The molecule has 0 aromatic heterocycles. The summed E-state index contributed by atoms with van der Waals surface area (Å²) in [7, 11) is 0. The molecule has 0 amide bonds. The summed E-state index contributed by atoms with van der Waals surface area (Å²) in [4.78, 5) is 0. The molecule has 1 N–H and O–H groups in total. The summed E-state index contributed by atoms with van der Waals surface area (Å²) < 4.78 is 0. The van der Waals surface area contributed by atoms with Gasteiger partial charge in [0, 0.05) is 17.5 Å². The van der Waals surface area contributed by atoms with Gasteiger partial charge in [0.15, 0.2) is 0 Å². The summed E-state index contributed by atoms with van der Waals surface area (Å²) in [5, 5.41) is 3.70. The molecule has 0 aromatic rings. The largest absolute Gasteiger partial charge is 0.312 e. The van der Waals surface area contributed by atoms with Crippen molar-refractivity contribution >= 4 is 11.8 Å². The zero-order valence-electron chi connectivity index (χ0n) is 8.81. The molecule has 0 spiro atoms. The third kappa shape index (κ3) is 2.21. The van der Waals surface area contributed by atoms with E-state index in [9.17, 15) is 0 Å². The van der Waals surface area contributed by atoms with Gasteiger partial charge in [0.05, 0.1) is 0 Å². The van der Waals surface area contributed by atoms with Gasteiger partial charge >= 0.3 is 0 Å². The van der Waals surface area contributed by atoms with Gasteiger partial charge < -0.3 is 5.32 Å². The summed E-state index contributed by atoms with van der Waals surface area (Å²) in [6.07, 6.45) is 4.32. The highest BCUT2D eigenvalue weighted by Crippen LogP contribution is 2.42. The Morgan fingerprint density at radius 1 is 1.38 bits per heavy atom. The molecule has 1 unspecified atom stereocenters. The summed E-state index contributed by atoms with van der Waals surface area (Å²) >= 11 is 2.07. The van der Waals surface area contributed by atoms with Crippen molar-refractivity contribution in [2.45, 2.75) is 39.2 Å². The minimum Gasteiger partial charge on any atom is -0.312 e. The molecule has 1 aliphatic carbocycles. The number of nitrogens with one attached hydrogen (secondary N) is 1. The van der Waals surface area contributed by atoms with Gasteiger partial charge in [0.2, 0.25) is 0 Å². The molecule has 13 heavy (non-hydrogen) atoms. The smallest absolute Gasteiger partial charge is 0.0248 e. The highest BCUT2D eigenvalue weighted by Gasteiger charge is 2.34. The zero-order chi connectivity index (χ0) is 9.31. The van der Waals surface area contributed by atoms with Gasteiger partial charge in [-0.15, -0.1) is 0 Å². The Morgan fingerprint density at radius 2 is 2.15 bits per heavy atom. The summed E-state index contributed by atoms with van der Waals surface area (Å²) in [5.41, 5.74) is 0.601. The van der Waals surface area contributed by atoms with Gasteiger partial charge in [-0.05, 0) is 30.7 Å². The maximum Gasteiger partial charge on any atom is 0.0248 e. The molecule has 1 atom stereocenters. The van der Waals surface area contributed by atoms with Crippen molar-refractivity contribution in [2.75, 3.05) is 18.1 Å². The first-order valence-electron chi connectivity index (χ1n) is 5.49. The Kier molecular flexibility index (Phi) is 2.89. The quantitative estimate of drug-likeness (QED) is 0.749. The van der Waals surface area contributed by atoms with E-state index in [0.717, 1.165) is 12.0 Å². The SMILES string of the molecule is CC1(C)CCCC1CNC1CSC1. The first kappa shape index (κ1) is 9.85. The van der Waals surface area contributed by atoms with Gasteiger partial charge in [0.1, 0.15) is 0 Å². The molecular weight excluding hydrogens is 178 g/mol. The van der Waals surface area contributed by atoms with E-state index in [2.05, 4.69) is 30.9 Å². The minimum absolute atomic E-state index is 0.601. The Bertz CT molecular complexity index is 175. The number of thioether (sulfide) groups is 1. The minimum atomic E-state index is 0.601. The highest BCUT2D eigenvalue weighted by molar-refractivity contribution is 8.00. The van der Waals surface area contributed by atoms with Crippen molar-refractivity contribution < 1.29 is 0 Å². The lowest BCUT2D eigenvalue weighted by molar-refractivity contribution is 0.247. The molecule has 0 aromatic carbocycles. The Labute approximate surface area is 86.0 Å². The number of hydrogen-bond donors (Lipinski definition) is 1. The van der Waals surface area contributed by atoms with Crippen molar-refractivity contribution in [1.82, 2.24) is 5.32 Å². The van der Waals surface area contributed by atoms with E-state index >= 15 is 0 Å². The van der Waals surface area contributed by atoms with E-state index in [0.29, 0.717) is 5.41 Å². The monoisotopic (exact) mass is 199 g/mol. The zero-order valence-corrected chi connectivity index (χ0v) is 9.62. The topological polar surface area (TPSA) is 12.0 Å². The summed E-state index contributed by atoms with van der Waals surface area (Å²) in [6, 6.07) is 0.835. The predicted octanol–water partition coefficient (Wildman–Crippen LogP) is 2.52. The lowest BCUT2D eigenvalue weighted by atomic mass is 9.82. The number of rotatable bonds is 3. The molecule has 1 nitrogen and oxygen atoms in total. The Hall–Kier alpha value is 0.310. The van der Waals surface area contributed by atoms with Crippen molar-refractivity contribution in [2.24, 2.45) is 11.3 Å². The molecule has 76 valence electrons. The van der Waals surface area contributed by atoms with Crippen LogP contribution in [0.3, 0.4) is 0 Å². The van der Waals surface area contributed by atoms with Crippen LogP contribution in [0.15, 0.2) is 0 Å². The molecule has 0 bridgehead atoms. The van der Waals surface area contributed by atoms with Gasteiger partial charge in [-0.3, -0.25) is 0 Å². The van der Waals surface area contributed by atoms with Crippen LogP contribution in [0.1, 0.15) is 33.1 Å². The van der Waals surface area contributed by atoms with E-state index in [-0.39, 0.29) is 0 Å². The summed E-state index contributed by atoms with van der Waals surface area (Å²) in [5.74, 6) is 3.61. The third-order valence-corrected chi connectivity index (χ3v) is 5.05. The standard InChI is InChI=1S/C11H21NS/c1-11(2)5-3-4-9(11)6-12-10-7-13-8-10/h9-10,12H,3-8H2,1-2H3. The molecular formula is C11H21NS. The van der Waals surface area contributed by atoms with Crippen LogP contribution >= 0.6 is 11.8 Å². The van der Waals surface area contributed by atoms with E-state index in [1.54, 1.807) is 0 Å². The Balaban J connectivity index is 1.73. The van der Waals surface area contributed by atoms with Crippen LogP contribution in [-0.4, -0.2) is 24.1 Å². The van der Waals surface area contributed by atoms with Crippen LogP contribution in [0, 0.1) is 11.3 Å². The maximum atomic E-state index is 3.70. The van der Waals surface area contributed by atoms with Crippen LogP contribution in [0.5, 0.6) is 0 Å².